The average Bonchev–Trinajstić information content (AvgIpc) is 2.95. The smallest absolute Gasteiger partial charge is 0.355 e. The van der Waals surface area contributed by atoms with Crippen LogP contribution in [0.4, 0.5) is 0 Å². The van der Waals surface area contributed by atoms with Crippen molar-refractivity contribution in [2.24, 2.45) is 0 Å². The Morgan fingerprint density at radius 3 is 2.25 bits per heavy atom. The van der Waals surface area contributed by atoms with Crippen LogP contribution >= 0.6 is 0 Å². The van der Waals surface area contributed by atoms with Gasteiger partial charge in [0.15, 0.2) is 0 Å². The number of aryl methyl sites for hydroxylation is 1. The van der Waals surface area contributed by atoms with Crippen LogP contribution in [0.25, 0.3) is 0 Å². The molecule has 0 spiro atoms. The maximum Gasteiger partial charge on any atom is 0.355 e. The molecule has 1 heterocycles. The van der Waals surface area contributed by atoms with Crippen LogP contribution in [0.15, 0.2) is 0 Å². The summed E-state index contributed by atoms with van der Waals surface area (Å²) >= 11 is 0. The van der Waals surface area contributed by atoms with E-state index < -0.39 is 17.5 Å². The highest BCUT2D eigenvalue weighted by atomic mass is 16.6. The molecule has 6 heteroatoms. The first-order chi connectivity index (χ1) is 13.2. The molecule has 1 rings (SSSR count). The second-order valence-corrected chi connectivity index (χ2v) is 7.37. The van der Waals surface area contributed by atoms with Gasteiger partial charge in [-0.3, -0.25) is 0 Å². The van der Waals surface area contributed by atoms with E-state index in [0.717, 1.165) is 38.0 Å². The van der Waals surface area contributed by atoms with Crippen LogP contribution in [-0.2, 0) is 15.9 Å². The van der Waals surface area contributed by atoms with E-state index >= 15 is 0 Å². The van der Waals surface area contributed by atoms with Crippen molar-refractivity contribution in [3.05, 3.63) is 22.5 Å². The van der Waals surface area contributed by atoms with Gasteiger partial charge in [0, 0.05) is 7.12 Å². The molecular weight excluding hydrogens is 356 g/mol. The van der Waals surface area contributed by atoms with Gasteiger partial charge in [0.05, 0.1) is 12.2 Å². The minimum absolute atomic E-state index is 0. The summed E-state index contributed by atoms with van der Waals surface area (Å²) in [4.78, 5) is 28.0. The molecule has 1 aromatic heterocycles. The third-order valence-electron chi connectivity index (χ3n) is 3.94. The number of rotatable bonds is 10. The number of hydrogen-bond acceptors (Lipinski definition) is 5. The molecule has 164 valence electrons. The number of ether oxygens (including phenoxy) is 2. The molecule has 0 aliphatic carbocycles. The van der Waals surface area contributed by atoms with Gasteiger partial charge in [-0.2, -0.15) is 0 Å². The number of hydrogen-bond donors (Lipinski definition) is 2. The van der Waals surface area contributed by atoms with Gasteiger partial charge in [0.2, 0.25) is 0 Å². The summed E-state index contributed by atoms with van der Waals surface area (Å²) in [7, 11) is 0. The van der Waals surface area contributed by atoms with E-state index in [2.05, 4.69) is 17.2 Å². The molecule has 0 radical (unpaired) electrons. The third-order valence-corrected chi connectivity index (χ3v) is 3.94. The maximum absolute atomic E-state index is 12.5. The van der Waals surface area contributed by atoms with Crippen molar-refractivity contribution in [2.75, 3.05) is 19.7 Å². The number of aromatic nitrogens is 1. The SMILES string of the molecule is CC.CCNCCCCCc1[nH]c(C(=O)OC(C)(C)C)c(C)c1C(=O)OCC.[HH]. The lowest BCUT2D eigenvalue weighted by Gasteiger charge is -2.19. The van der Waals surface area contributed by atoms with Crippen molar-refractivity contribution < 1.29 is 20.5 Å². The second kappa shape index (κ2) is 13.4. The zero-order valence-corrected chi connectivity index (χ0v) is 19.1. The summed E-state index contributed by atoms with van der Waals surface area (Å²) in [5.74, 6) is -0.836. The lowest BCUT2D eigenvalue weighted by molar-refractivity contribution is 0.00625. The van der Waals surface area contributed by atoms with E-state index in [-0.39, 0.29) is 1.43 Å². The zero-order chi connectivity index (χ0) is 21.7. The van der Waals surface area contributed by atoms with E-state index in [4.69, 9.17) is 9.47 Å². The molecule has 1 aromatic rings. The molecule has 0 amide bonds. The number of H-pyrrole nitrogens is 1. The molecule has 0 fully saturated rings. The fourth-order valence-electron chi connectivity index (χ4n) is 2.76. The molecule has 0 unspecified atom stereocenters. The first kappa shape index (κ1) is 26.2. The molecule has 6 nitrogen and oxygen atoms in total. The molecule has 0 atom stereocenters. The van der Waals surface area contributed by atoms with Crippen LogP contribution < -0.4 is 5.32 Å². The molecule has 0 saturated heterocycles. The Morgan fingerprint density at radius 2 is 1.71 bits per heavy atom. The topological polar surface area (TPSA) is 80.4 Å². The van der Waals surface area contributed by atoms with E-state index in [0.29, 0.717) is 29.8 Å². The van der Waals surface area contributed by atoms with E-state index in [1.807, 2.05) is 34.6 Å². The number of carbonyl (C=O) groups is 2. The summed E-state index contributed by atoms with van der Waals surface area (Å²) in [6.07, 6.45) is 3.77. The van der Waals surface area contributed by atoms with Crippen molar-refractivity contribution in [3.63, 3.8) is 0 Å². The van der Waals surface area contributed by atoms with Crippen molar-refractivity contribution in [3.8, 4) is 0 Å². The standard InChI is InChI=1S/C20H34N2O4.C2H6.H2/c1-7-21-13-11-9-10-12-15-16(18(23)25-8-2)14(3)17(22-15)19(24)26-20(4,5)6;1-2;/h21-22H,7-13H2,1-6H3;1-2H3;1H. The lowest BCUT2D eigenvalue weighted by Crippen LogP contribution is -2.24. The van der Waals surface area contributed by atoms with Crippen molar-refractivity contribution >= 4 is 11.9 Å². The summed E-state index contributed by atoms with van der Waals surface area (Å²) < 4.78 is 10.6. The quantitative estimate of drug-likeness (QED) is 0.426. The lowest BCUT2D eigenvalue weighted by atomic mass is 10.1. The number of esters is 2. The Hall–Kier alpha value is -1.82. The molecule has 0 aliphatic heterocycles. The van der Waals surface area contributed by atoms with Crippen LogP contribution in [0.2, 0.25) is 0 Å². The van der Waals surface area contributed by atoms with Gasteiger partial charge >= 0.3 is 11.9 Å². The van der Waals surface area contributed by atoms with Gasteiger partial charge in [0.1, 0.15) is 11.3 Å². The van der Waals surface area contributed by atoms with Crippen molar-refractivity contribution in [2.45, 2.75) is 86.7 Å². The number of carbonyl (C=O) groups excluding carboxylic acids is 2. The Morgan fingerprint density at radius 1 is 1.07 bits per heavy atom. The maximum atomic E-state index is 12.5. The largest absolute Gasteiger partial charge is 0.462 e. The summed E-state index contributed by atoms with van der Waals surface area (Å²) in [6, 6.07) is 0. The highest BCUT2D eigenvalue weighted by Crippen LogP contribution is 2.24. The second-order valence-electron chi connectivity index (χ2n) is 7.37. The van der Waals surface area contributed by atoms with Crippen molar-refractivity contribution in [1.82, 2.24) is 10.3 Å². The predicted molar refractivity (Wildman–Crippen MR) is 116 cm³/mol. The molecule has 0 bridgehead atoms. The Balaban J connectivity index is 0. The number of aromatic amines is 1. The highest BCUT2D eigenvalue weighted by Gasteiger charge is 2.27. The van der Waals surface area contributed by atoms with Gasteiger partial charge in [-0.1, -0.05) is 27.2 Å². The molecular formula is C22H42N2O4. The minimum atomic E-state index is -0.592. The van der Waals surface area contributed by atoms with Crippen LogP contribution in [0.3, 0.4) is 0 Å². The first-order valence-electron chi connectivity index (χ1n) is 10.5. The van der Waals surface area contributed by atoms with Crippen LogP contribution in [0.1, 0.15) is 101 Å². The van der Waals surface area contributed by atoms with Crippen LogP contribution in [-0.4, -0.2) is 42.2 Å². The minimum Gasteiger partial charge on any atom is -0.462 e. The van der Waals surface area contributed by atoms with Crippen LogP contribution in [0.5, 0.6) is 0 Å². The predicted octanol–water partition coefficient (Wildman–Crippen LogP) is 5.05. The number of nitrogens with one attached hydrogen (secondary N) is 2. The number of unbranched alkanes of at least 4 members (excludes halogenated alkanes) is 2. The fourth-order valence-corrected chi connectivity index (χ4v) is 2.76. The first-order valence-corrected chi connectivity index (χ1v) is 10.5. The summed E-state index contributed by atoms with van der Waals surface area (Å²) in [6.45, 7) is 17.4. The molecule has 2 N–H and O–H groups in total. The fraction of sp³-hybridized carbons (Fsp3) is 0.727. The molecule has 0 aromatic carbocycles. The average molecular weight is 399 g/mol. The summed E-state index contributed by atoms with van der Waals surface area (Å²) in [5, 5.41) is 3.30. The van der Waals surface area contributed by atoms with Gasteiger partial charge in [-0.05, 0) is 72.5 Å². The van der Waals surface area contributed by atoms with Gasteiger partial charge in [-0.25, -0.2) is 9.59 Å². The van der Waals surface area contributed by atoms with Crippen LogP contribution in [0, 0.1) is 6.92 Å². The van der Waals surface area contributed by atoms with Gasteiger partial charge in [-0.15, -0.1) is 0 Å². The van der Waals surface area contributed by atoms with Gasteiger partial charge < -0.3 is 19.8 Å². The van der Waals surface area contributed by atoms with E-state index in [1.54, 1.807) is 13.8 Å². The normalized spacial score (nSPS) is 10.9. The Bertz CT molecular complexity index is 607. The third kappa shape index (κ3) is 8.91. The Kier molecular flexibility index (Phi) is 12.5. The van der Waals surface area contributed by atoms with Gasteiger partial charge in [0.25, 0.3) is 0 Å². The zero-order valence-electron chi connectivity index (χ0n) is 19.1. The molecule has 0 aliphatic rings. The molecule has 0 saturated carbocycles. The Labute approximate surface area is 172 Å². The monoisotopic (exact) mass is 398 g/mol. The van der Waals surface area contributed by atoms with E-state index in [9.17, 15) is 9.59 Å². The summed E-state index contributed by atoms with van der Waals surface area (Å²) in [5.41, 5.74) is 1.57. The van der Waals surface area contributed by atoms with Crippen molar-refractivity contribution in [1.29, 1.82) is 0 Å². The molecule has 28 heavy (non-hydrogen) atoms. The van der Waals surface area contributed by atoms with E-state index in [1.165, 1.54) is 0 Å². The highest BCUT2D eigenvalue weighted by molar-refractivity contribution is 5.98.